The lowest BCUT2D eigenvalue weighted by atomic mass is 10.2. The third-order valence-electron chi connectivity index (χ3n) is 8.69. The van der Waals surface area contributed by atoms with Crippen LogP contribution in [-0.2, 0) is 0 Å². The second-order valence-electron chi connectivity index (χ2n) is 12.6. The van der Waals surface area contributed by atoms with Crippen LogP contribution in [0, 0.1) is 0 Å². The molecule has 0 spiro atoms. The zero-order valence-electron chi connectivity index (χ0n) is 33.2. The molecular weight excluding hydrogens is 801 g/mol. The number of amides is 3. The number of benzene rings is 5. The van der Waals surface area contributed by atoms with Gasteiger partial charge in [-0.05, 0) is 84.9 Å². The Balaban J connectivity index is 0.000000184. The molecule has 0 atom stereocenters. The Morgan fingerprint density at radius 3 is 1.46 bits per heavy atom. The van der Waals surface area contributed by atoms with Gasteiger partial charge < -0.3 is 38.5 Å². The highest BCUT2D eigenvalue weighted by atomic mass is 32.1. The standard InChI is InChI=1S/C24H20N2O5.C21H18N4O4S/c1-28-22-14-19-20(15-23(22)29-2)25-13-12-21(19)30-18-10-8-16(9-11-18)26-24(27)31-17-6-4-3-5-7-17;1-27-18-11-15-16(12-19(18)28-2)22-8-7-17(15)29-14-5-3-13(4-6-14)24-20(26)25-21-23-9-10-30-21/h3-15H,1-2H3,(H,26,27);3-12H,1-2H3,(H2,23,24,25,26). The first kappa shape index (κ1) is 41.1. The van der Waals surface area contributed by atoms with Crippen molar-refractivity contribution in [2.75, 3.05) is 44.4 Å². The van der Waals surface area contributed by atoms with Crippen molar-refractivity contribution in [1.29, 1.82) is 0 Å². The molecule has 0 fully saturated rings. The van der Waals surface area contributed by atoms with Gasteiger partial charge in [0.05, 0.1) is 39.5 Å². The number of nitrogens with one attached hydrogen (secondary N) is 3. The molecule has 0 bridgehead atoms. The number of nitrogens with zero attached hydrogens (tertiary/aromatic N) is 3. The minimum Gasteiger partial charge on any atom is -0.493 e. The molecule has 8 aromatic rings. The molecule has 5 aromatic carbocycles. The van der Waals surface area contributed by atoms with E-state index in [1.165, 1.54) is 11.3 Å². The predicted molar refractivity (Wildman–Crippen MR) is 234 cm³/mol. The molecule has 3 aromatic heterocycles. The summed E-state index contributed by atoms with van der Waals surface area (Å²) in [6.07, 6.45) is 4.39. The first-order valence-corrected chi connectivity index (χ1v) is 19.3. The quantitative estimate of drug-likeness (QED) is 0.106. The van der Waals surface area contributed by atoms with Gasteiger partial charge in [0.25, 0.3) is 0 Å². The van der Waals surface area contributed by atoms with Gasteiger partial charge in [-0.15, -0.1) is 11.3 Å². The van der Waals surface area contributed by atoms with E-state index in [0.717, 1.165) is 21.8 Å². The van der Waals surface area contributed by atoms with Gasteiger partial charge in [0, 0.05) is 58.3 Å². The smallest absolute Gasteiger partial charge is 0.417 e. The fourth-order valence-corrected chi connectivity index (χ4v) is 6.35. The number of methoxy groups -OCH3 is 4. The highest BCUT2D eigenvalue weighted by Crippen LogP contribution is 2.38. The Hall–Kier alpha value is -8.11. The Kier molecular flexibility index (Phi) is 13.2. The predicted octanol–water partition coefficient (Wildman–Crippen LogP) is 10.8. The number of rotatable bonds is 12. The van der Waals surface area contributed by atoms with Crippen LogP contribution in [0.1, 0.15) is 0 Å². The summed E-state index contributed by atoms with van der Waals surface area (Å²) < 4.78 is 38.7. The fraction of sp³-hybridized carbons (Fsp3) is 0.0889. The SMILES string of the molecule is COc1cc2nccc(Oc3ccc(NC(=O)Nc4nccs4)cc3)c2cc1OC.COc1cc2nccc(Oc3ccc(NC(=O)Oc4ccccc4)cc3)c2cc1OC. The number of pyridine rings is 2. The number of anilines is 3. The third kappa shape index (κ3) is 10.5. The van der Waals surface area contributed by atoms with Crippen molar-refractivity contribution >= 4 is 61.8 Å². The molecule has 61 heavy (non-hydrogen) atoms. The van der Waals surface area contributed by atoms with Crippen molar-refractivity contribution in [2.45, 2.75) is 0 Å². The lowest BCUT2D eigenvalue weighted by molar-refractivity contribution is 0.215. The monoisotopic (exact) mass is 838 g/mol. The van der Waals surface area contributed by atoms with E-state index in [1.807, 2.05) is 18.2 Å². The number of aromatic nitrogens is 3. The van der Waals surface area contributed by atoms with E-state index in [4.69, 9.17) is 33.2 Å². The van der Waals surface area contributed by atoms with Gasteiger partial charge in [0.15, 0.2) is 28.1 Å². The highest BCUT2D eigenvalue weighted by molar-refractivity contribution is 7.13. The molecule has 0 unspecified atom stereocenters. The van der Waals surface area contributed by atoms with E-state index in [0.29, 0.717) is 68.3 Å². The fourth-order valence-electron chi connectivity index (χ4n) is 5.82. The summed E-state index contributed by atoms with van der Waals surface area (Å²) in [4.78, 5) is 36.8. The highest BCUT2D eigenvalue weighted by Gasteiger charge is 2.14. The number of ether oxygens (including phenoxy) is 7. The molecule has 3 N–H and O–H groups in total. The van der Waals surface area contributed by atoms with Crippen molar-refractivity contribution in [3.8, 4) is 51.7 Å². The molecule has 3 heterocycles. The summed E-state index contributed by atoms with van der Waals surface area (Å²) >= 11 is 1.35. The molecule has 3 amide bonds. The van der Waals surface area contributed by atoms with Gasteiger partial charge in [-0.3, -0.25) is 20.6 Å². The maximum Gasteiger partial charge on any atom is 0.417 e. The number of para-hydroxylation sites is 1. The van der Waals surface area contributed by atoms with Crippen molar-refractivity contribution in [2.24, 2.45) is 0 Å². The minimum absolute atomic E-state index is 0.361. The maximum absolute atomic E-state index is 12.0. The van der Waals surface area contributed by atoms with Gasteiger partial charge in [0.1, 0.15) is 28.7 Å². The molecule has 16 heteroatoms. The van der Waals surface area contributed by atoms with Crippen LogP contribution in [0.3, 0.4) is 0 Å². The van der Waals surface area contributed by atoms with Crippen molar-refractivity contribution in [3.63, 3.8) is 0 Å². The number of hydrogen-bond donors (Lipinski definition) is 3. The van der Waals surface area contributed by atoms with Crippen LogP contribution < -0.4 is 49.1 Å². The number of carbonyl (C=O) groups excluding carboxylic acids is 2. The molecule has 0 saturated heterocycles. The molecule has 0 aliphatic rings. The van der Waals surface area contributed by atoms with Crippen molar-refractivity contribution in [1.82, 2.24) is 15.0 Å². The third-order valence-corrected chi connectivity index (χ3v) is 9.38. The molecule has 0 aliphatic heterocycles. The zero-order valence-corrected chi connectivity index (χ0v) is 34.0. The summed E-state index contributed by atoms with van der Waals surface area (Å²) in [7, 11) is 6.32. The van der Waals surface area contributed by atoms with E-state index in [-0.39, 0.29) is 6.03 Å². The van der Waals surface area contributed by atoms with E-state index in [2.05, 4.69) is 30.9 Å². The number of carbonyl (C=O) groups is 2. The topological polar surface area (TPSA) is 174 Å². The normalized spacial score (nSPS) is 10.4. The van der Waals surface area contributed by atoms with Gasteiger partial charge >= 0.3 is 12.1 Å². The van der Waals surface area contributed by atoms with Gasteiger partial charge in [-0.1, -0.05) is 18.2 Å². The number of thiazole rings is 1. The summed E-state index contributed by atoms with van der Waals surface area (Å²) in [6.45, 7) is 0. The van der Waals surface area contributed by atoms with E-state index in [9.17, 15) is 9.59 Å². The Bertz CT molecular complexity index is 2740. The second kappa shape index (κ2) is 19.6. The molecule has 8 rings (SSSR count). The number of hydrogen-bond acceptors (Lipinski definition) is 13. The Labute approximate surface area is 353 Å². The van der Waals surface area contributed by atoms with Crippen molar-refractivity contribution < 1.29 is 42.7 Å². The summed E-state index contributed by atoms with van der Waals surface area (Å²) in [5, 5.41) is 12.0. The lowest BCUT2D eigenvalue weighted by Gasteiger charge is -2.12. The van der Waals surface area contributed by atoms with Gasteiger partial charge in [-0.2, -0.15) is 0 Å². The largest absolute Gasteiger partial charge is 0.493 e. The lowest BCUT2D eigenvalue weighted by Crippen LogP contribution is -2.19. The Morgan fingerprint density at radius 2 is 0.984 bits per heavy atom. The molecular formula is C45H38N6O9S. The van der Waals surface area contributed by atoms with Crippen LogP contribution in [0.4, 0.5) is 26.1 Å². The Morgan fingerprint density at radius 1 is 0.492 bits per heavy atom. The minimum atomic E-state index is -0.568. The molecule has 0 aliphatic carbocycles. The van der Waals surface area contributed by atoms with E-state index >= 15 is 0 Å². The van der Waals surface area contributed by atoms with Crippen LogP contribution in [0.5, 0.6) is 51.7 Å². The summed E-state index contributed by atoms with van der Waals surface area (Å²) in [6, 6.07) is 33.3. The first-order valence-electron chi connectivity index (χ1n) is 18.4. The average Bonchev–Trinajstić information content (AvgIpc) is 3.80. The van der Waals surface area contributed by atoms with Crippen LogP contribution in [0.15, 0.2) is 139 Å². The van der Waals surface area contributed by atoms with E-state index in [1.54, 1.807) is 149 Å². The molecule has 0 saturated carbocycles. The first-order chi connectivity index (χ1) is 29.8. The van der Waals surface area contributed by atoms with Gasteiger partial charge in [-0.25, -0.2) is 14.6 Å². The summed E-state index contributed by atoms with van der Waals surface area (Å²) in [5.74, 6) is 5.30. The maximum atomic E-state index is 12.0. The van der Waals surface area contributed by atoms with Crippen LogP contribution in [-0.4, -0.2) is 55.5 Å². The van der Waals surface area contributed by atoms with Crippen LogP contribution >= 0.6 is 11.3 Å². The number of urea groups is 1. The molecule has 308 valence electrons. The zero-order chi connectivity index (χ0) is 42.6. The van der Waals surface area contributed by atoms with Crippen LogP contribution in [0.25, 0.3) is 21.8 Å². The number of fused-ring (bicyclic) bond motifs is 2. The van der Waals surface area contributed by atoms with Crippen LogP contribution in [0.2, 0.25) is 0 Å². The molecule has 15 nitrogen and oxygen atoms in total. The average molecular weight is 839 g/mol. The summed E-state index contributed by atoms with van der Waals surface area (Å²) in [5.41, 5.74) is 2.65. The molecule has 0 radical (unpaired) electrons. The van der Waals surface area contributed by atoms with E-state index < -0.39 is 6.09 Å². The second-order valence-corrected chi connectivity index (χ2v) is 13.5. The van der Waals surface area contributed by atoms with Crippen molar-refractivity contribution in [3.05, 3.63) is 139 Å². The van der Waals surface area contributed by atoms with Gasteiger partial charge in [0.2, 0.25) is 0 Å².